The van der Waals surface area contributed by atoms with Gasteiger partial charge in [-0.3, -0.25) is 4.79 Å². The van der Waals surface area contributed by atoms with Crippen LogP contribution in [0.15, 0.2) is 41.0 Å². The third-order valence-electron chi connectivity index (χ3n) is 6.30. The van der Waals surface area contributed by atoms with Crippen LogP contribution in [0.3, 0.4) is 0 Å². The number of benzene rings is 1. The zero-order valence-corrected chi connectivity index (χ0v) is 15.1. The fourth-order valence-corrected chi connectivity index (χ4v) is 4.96. The Bertz CT molecular complexity index is 848. The molecule has 2 aromatic rings. The summed E-state index contributed by atoms with van der Waals surface area (Å²) in [5.74, 6) is 1.62. The second kappa shape index (κ2) is 6.30. The molecule has 0 bridgehead atoms. The molecule has 3 aliphatic rings. The van der Waals surface area contributed by atoms with Crippen molar-refractivity contribution in [1.82, 2.24) is 4.90 Å². The number of rotatable bonds is 2. The van der Waals surface area contributed by atoms with E-state index in [1.165, 1.54) is 6.26 Å². The van der Waals surface area contributed by atoms with Gasteiger partial charge in [0.15, 0.2) is 17.3 Å². The molecule has 3 heterocycles. The molecule has 1 saturated heterocycles. The van der Waals surface area contributed by atoms with E-state index in [0.717, 1.165) is 37.0 Å². The molecule has 142 valence electrons. The maximum absolute atomic E-state index is 13.2. The molecule has 2 aliphatic heterocycles. The molecule has 0 spiro atoms. The third kappa shape index (κ3) is 2.70. The molecule has 3 atom stereocenters. The van der Waals surface area contributed by atoms with Gasteiger partial charge in [-0.1, -0.05) is 18.9 Å². The second-order valence-electron chi connectivity index (χ2n) is 7.74. The van der Waals surface area contributed by atoms with Crippen molar-refractivity contribution in [3.8, 4) is 11.5 Å². The van der Waals surface area contributed by atoms with Crippen molar-refractivity contribution >= 4 is 5.91 Å². The summed E-state index contributed by atoms with van der Waals surface area (Å²) in [5.41, 5.74) is 0.253. The maximum Gasteiger partial charge on any atom is 0.290 e. The van der Waals surface area contributed by atoms with E-state index in [-0.39, 0.29) is 24.7 Å². The van der Waals surface area contributed by atoms with Gasteiger partial charge < -0.3 is 23.9 Å². The van der Waals surface area contributed by atoms with Gasteiger partial charge in [0.05, 0.1) is 17.9 Å². The topological polar surface area (TPSA) is 72.1 Å². The predicted molar refractivity (Wildman–Crippen MR) is 96.6 cm³/mol. The van der Waals surface area contributed by atoms with Crippen LogP contribution >= 0.6 is 0 Å². The standard InChI is InChI=1S/C21H23NO5/c23-20(17-5-3-11-25-17)22-10-9-21(24)8-2-1-4-15(21)19(22)14-6-7-16-18(12-14)27-13-26-16/h3,5-7,11-12,15,19,24H,1-2,4,8-10,13H2/t15-,19-,21+/m0/s1. The van der Waals surface area contributed by atoms with Gasteiger partial charge in [-0.05, 0) is 49.1 Å². The van der Waals surface area contributed by atoms with Crippen molar-refractivity contribution in [2.24, 2.45) is 5.92 Å². The van der Waals surface area contributed by atoms with E-state index in [9.17, 15) is 9.90 Å². The lowest BCUT2D eigenvalue weighted by Gasteiger charge is -2.52. The first-order valence-electron chi connectivity index (χ1n) is 9.62. The van der Waals surface area contributed by atoms with Crippen molar-refractivity contribution in [3.05, 3.63) is 47.9 Å². The minimum Gasteiger partial charge on any atom is -0.459 e. The van der Waals surface area contributed by atoms with E-state index in [1.807, 2.05) is 23.1 Å². The van der Waals surface area contributed by atoms with Crippen molar-refractivity contribution in [2.45, 2.75) is 43.7 Å². The number of carbonyl (C=O) groups excluding carboxylic acids is 1. The Morgan fingerprint density at radius 1 is 1.15 bits per heavy atom. The first-order chi connectivity index (χ1) is 13.2. The van der Waals surface area contributed by atoms with Crippen LogP contribution in [0.5, 0.6) is 11.5 Å². The molecule has 6 nitrogen and oxygen atoms in total. The quantitative estimate of drug-likeness (QED) is 0.877. The van der Waals surface area contributed by atoms with Crippen LogP contribution in [-0.4, -0.2) is 34.9 Å². The summed E-state index contributed by atoms with van der Waals surface area (Å²) in [7, 11) is 0. The van der Waals surface area contributed by atoms with Crippen LogP contribution in [-0.2, 0) is 0 Å². The van der Waals surface area contributed by atoms with Gasteiger partial charge in [-0.25, -0.2) is 0 Å². The largest absolute Gasteiger partial charge is 0.459 e. The normalized spacial score (nSPS) is 29.4. The Hall–Kier alpha value is -2.47. The Kier molecular flexibility index (Phi) is 3.90. The Labute approximate surface area is 157 Å². The summed E-state index contributed by atoms with van der Waals surface area (Å²) in [6, 6.07) is 9.04. The lowest BCUT2D eigenvalue weighted by Crippen LogP contribution is -2.56. The number of amides is 1. The van der Waals surface area contributed by atoms with Gasteiger partial charge >= 0.3 is 0 Å². The van der Waals surface area contributed by atoms with Gasteiger partial charge in [0.25, 0.3) is 5.91 Å². The minimum atomic E-state index is -0.723. The number of carbonyl (C=O) groups is 1. The lowest BCUT2D eigenvalue weighted by molar-refractivity contribution is -0.115. The third-order valence-corrected chi connectivity index (χ3v) is 6.30. The summed E-state index contributed by atoms with van der Waals surface area (Å²) in [5, 5.41) is 11.3. The average molecular weight is 369 g/mol. The predicted octanol–water partition coefficient (Wildman–Crippen LogP) is 3.52. The molecule has 1 saturated carbocycles. The Morgan fingerprint density at radius 3 is 2.89 bits per heavy atom. The van der Waals surface area contributed by atoms with Crippen LogP contribution < -0.4 is 9.47 Å². The van der Waals surface area contributed by atoms with Gasteiger partial charge in [0.1, 0.15) is 0 Å². The number of aliphatic hydroxyl groups is 1. The molecule has 27 heavy (non-hydrogen) atoms. The number of furan rings is 1. The highest BCUT2D eigenvalue weighted by Gasteiger charge is 2.50. The summed E-state index contributed by atoms with van der Waals surface area (Å²) in [6.07, 6.45) is 5.91. The minimum absolute atomic E-state index is 0.000663. The summed E-state index contributed by atoms with van der Waals surface area (Å²) in [6.45, 7) is 0.720. The zero-order valence-electron chi connectivity index (χ0n) is 15.1. The monoisotopic (exact) mass is 369 g/mol. The molecule has 6 heteroatoms. The van der Waals surface area contributed by atoms with E-state index in [4.69, 9.17) is 13.9 Å². The molecule has 2 fully saturated rings. The van der Waals surface area contributed by atoms with Crippen molar-refractivity contribution in [3.63, 3.8) is 0 Å². The van der Waals surface area contributed by atoms with Crippen LogP contribution in [0.25, 0.3) is 0 Å². The fourth-order valence-electron chi connectivity index (χ4n) is 4.96. The molecule has 1 N–H and O–H groups in total. The first kappa shape index (κ1) is 16.7. The molecule has 1 aliphatic carbocycles. The van der Waals surface area contributed by atoms with Crippen LogP contribution in [0.4, 0.5) is 0 Å². The van der Waals surface area contributed by atoms with Crippen molar-refractivity contribution < 1.29 is 23.8 Å². The summed E-state index contributed by atoms with van der Waals surface area (Å²) in [4.78, 5) is 15.0. The van der Waals surface area contributed by atoms with Crippen LogP contribution in [0.2, 0.25) is 0 Å². The maximum atomic E-state index is 13.2. The average Bonchev–Trinajstić information content (AvgIpc) is 3.37. The molecule has 1 aromatic heterocycles. The number of ether oxygens (including phenoxy) is 2. The Balaban J connectivity index is 1.57. The highest BCUT2D eigenvalue weighted by molar-refractivity contribution is 5.92. The van der Waals surface area contributed by atoms with Gasteiger partial charge in [-0.2, -0.15) is 0 Å². The number of piperidine rings is 1. The first-order valence-corrected chi connectivity index (χ1v) is 9.62. The van der Waals surface area contributed by atoms with Gasteiger partial charge in [0.2, 0.25) is 6.79 Å². The smallest absolute Gasteiger partial charge is 0.290 e. The highest BCUT2D eigenvalue weighted by Crippen LogP contribution is 2.50. The van der Waals surface area contributed by atoms with Crippen molar-refractivity contribution in [1.29, 1.82) is 0 Å². The van der Waals surface area contributed by atoms with E-state index in [0.29, 0.717) is 24.5 Å². The number of fused-ring (bicyclic) bond motifs is 2. The van der Waals surface area contributed by atoms with Crippen LogP contribution in [0, 0.1) is 5.92 Å². The Morgan fingerprint density at radius 2 is 2.04 bits per heavy atom. The molecule has 5 rings (SSSR count). The number of hydrogen-bond acceptors (Lipinski definition) is 5. The number of nitrogens with zero attached hydrogens (tertiary/aromatic N) is 1. The molecular weight excluding hydrogens is 346 g/mol. The van der Waals surface area contributed by atoms with E-state index >= 15 is 0 Å². The van der Waals surface area contributed by atoms with Gasteiger partial charge in [-0.15, -0.1) is 0 Å². The lowest BCUT2D eigenvalue weighted by atomic mass is 9.66. The van der Waals surface area contributed by atoms with Crippen molar-refractivity contribution in [2.75, 3.05) is 13.3 Å². The summed E-state index contributed by atoms with van der Waals surface area (Å²) < 4.78 is 16.4. The number of likely N-dealkylation sites (tertiary alicyclic amines) is 1. The van der Waals surface area contributed by atoms with E-state index < -0.39 is 5.60 Å². The van der Waals surface area contributed by atoms with E-state index in [1.54, 1.807) is 12.1 Å². The SMILES string of the molecule is O=C(c1ccco1)N1CC[C@]2(O)CCCC[C@H]2[C@@H]1c1ccc2c(c1)OCO2. The molecule has 0 radical (unpaired) electrons. The molecular formula is C21H23NO5. The zero-order chi connectivity index (χ0) is 18.4. The highest BCUT2D eigenvalue weighted by atomic mass is 16.7. The number of hydrogen-bond donors (Lipinski definition) is 1. The fraction of sp³-hybridized carbons (Fsp3) is 0.476. The molecule has 1 aromatic carbocycles. The van der Waals surface area contributed by atoms with Gasteiger partial charge in [0, 0.05) is 12.5 Å². The summed E-state index contributed by atoms with van der Waals surface area (Å²) >= 11 is 0. The van der Waals surface area contributed by atoms with Crippen LogP contribution in [0.1, 0.15) is 54.3 Å². The second-order valence-corrected chi connectivity index (χ2v) is 7.74. The molecule has 0 unspecified atom stereocenters. The van der Waals surface area contributed by atoms with E-state index in [2.05, 4.69) is 0 Å². The molecule has 1 amide bonds.